The zero-order chi connectivity index (χ0) is 15.3. The fourth-order valence-corrected chi connectivity index (χ4v) is 4.53. The normalized spacial score (nSPS) is 21.8. The molecule has 21 heavy (non-hydrogen) atoms. The predicted octanol–water partition coefficient (Wildman–Crippen LogP) is 1.59. The molecule has 0 unspecified atom stereocenters. The van der Waals surface area contributed by atoms with Gasteiger partial charge in [-0.15, -0.1) is 6.58 Å². The van der Waals surface area contributed by atoms with Gasteiger partial charge in [-0.2, -0.15) is 17.0 Å². The summed E-state index contributed by atoms with van der Waals surface area (Å²) >= 11 is 0. The molecule has 0 aromatic carbocycles. The molecule has 1 saturated heterocycles. The van der Waals surface area contributed by atoms with Crippen molar-refractivity contribution in [2.24, 2.45) is 5.92 Å². The largest absolute Gasteiger partial charge is 0.314 e. The van der Waals surface area contributed by atoms with E-state index in [0.29, 0.717) is 32.1 Å². The van der Waals surface area contributed by atoms with E-state index in [0.717, 1.165) is 31.8 Å². The zero-order valence-corrected chi connectivity index (χ0v) is 13.9. The van der Waals surface area contributed by atoms with Crippen molar-refractivity contribution in [3.63, 3.8) is 0 Å². The van der Waals surface area contributed by atoms with Crippen molar-refractivity contribution in [2.75, 3.05) is 32.7 Å². The number of nitrogens with zero attached hydrogens (tertiary/aromatic N) is 2. The number of rotatable bonds is 9. The molecule has 2 rings (SSSR count). The first-order valence-corrected chi connectivity index (χ1v) is 9.57. The predicted molar refractivity (Wildman–Crippen MR) is 86.3 cm³/mol. The minimum atomic E-state index is -3.32. The molecule has 0 radical (unpaired) electrons. The molecule has 1 aliphatic carbocycles. The third-order valence-electron chi connectivity index (χ3n) is 4.30. The molecule has 1 N–H and O–H groups in total. The summed E-state index contributed by atoms with van der Waals surface area (Å²) in [6, 6.07) is 0.736. The van der Waals surface area contributed by atoms with E-state index >= 15 is 0 Å². The van der Waals surface area contributed by atoms with Gasteiger partial charge in [0.1, 0.15) is 0 Å². The van der Waals surface area contributed by atoms with Crippen LogP contribution in [0.4, 0.5) is 0 Å². The molecule has 2 aliphatic rings. The maximum atomic E-state index is 12.6. The van der Waals surface area contributed by atoms with Gasteiger partial charge in [0.05, 0.1) is 0 Å². The molecule has 0 atom stereocenters. The number of piperidine rings is 1. The lowest BCUT2D eigenvalue weighted by molar-refractivity contribution is 0.251. The summed E-state index contributed by atoms with van der Waals surface area (Å²) in [5.74, 6) is 0.621. The summed E-state index contributed by atoms with van der Waals surface area (Å²) in [4.78, 5) is 0. The van der Waals surface area contributed by atoms with Crippen LogP contribution in [0.5, 0.6) is 0 Å². The van der Waals surface area contributed by atoms with Gasteiger partial charge in [0.25, 0.3) is 10.2 Å². The summed E-state index contributed by atoms with van der Waals surface area (Å²) in [6.45, 7) is 8.98. The molecule has 0 bridgehead atoms. The summed E-state index contributed by atoms with van der Waals surface area (Å²) in [5, 5.41) is 3.55. The second-order valence-electron chi connectivity index (χ2n) is 6.18. The van der Waals surface area contributed by atoms with Crippen molar-refractivity contribution in [3.8, 4) is 0 Å². The fourth-order valence-electron chi connectivity index (χ4n) is 2.82. The number of hydrogen-bond acceptors (Lipinski definition) is 3. The van der Waals surface area contributed by atoms with Crippen molar-refractivity contribution in [1.82, 2.24) is 13.9 Å². The van der Waals surface area contributed by atoms with E-state index in [1.54, 1.807) is 14.7 Å². The quantitative estimate of drug-likeness (QED) is 0.658. The number of nitrogens with one attached hydrogen (secondary N) is 1. The van der Waals surface area contributed by atoms with Gasteiger partial charge in [-0.25, -0.2) is 0 Å². The molecule has 5 nitrogen and oxygen atoms in total. The smallest absolute Gasteiger partial charge is 0.282 e. The Labute approximate surface area is 129 Å². The highest BCUT2D eigenvalue weighted by Gasteiger charge is 2.32. The van der Waals surface area contributed by atoms with Crippen LogP contribution in [-0.2, 0) is 10.2 Å². The molecular weight excluding hydrogens is 286 g/mol. The molecule has 1 aliphatic heterocycles. The molecule has 0 aromatic rings. The monoisotopic (exact) mass is 315 g/mol. The molecule has 0 amide bonds. The molecule has 0 spiro atoms. The van der Waals surface area contributed by atoms with Crippen LogP contribution in [-0.4, -0.2) is 55.8 Å². The fraction of sp³-hybridized carbons (Fsp3) is 0.867. The summed E-state index contributed by atoms with van der Waals surface area (Å²) in [7, 11) is -3.32. The molecule has 1 heterocycles. The highest BCUT2D eigenvalue weighted by molar-refractivity contribution is 7.86. The van der Waals surface area contributed by atoms with Crippen LogP contribution in [0.1, 0.15) is 39.0 Å². The van der Waals surface area contributed by atoms with Crippen LogP contribution in [0.25, 0.3) is 0 Å². The lowest BCUT2D eigenvalue weighted by Gasteiger charge is -2.34. The van der Waals surface area contributed by atoms with Gasteiger partial charge in [0, 0.05) is 32.2 Å². The minimum Gasteiger partial charge on any atom is -0.314 e. The van der Waals surface area contributed by atoms with Gasteiger partial charge in [-0.3, -0.25) is 0 Å². The van der Waals surface area contributed by atoms with Crippen LogP contribution in [0, 0.1) is 5.92 Å². The van der Waals surface area contributed by atoms with Crippen LogP contribution in [0.3, 0.4) is 0 Å². The Hall–Kier alpha value is -0.430. The summed E-state index contributed by atoms with van der Waals surface area (Å²) in [5.41, 5.74) is 0. The van der Waals surface area contributed by atoms with Crippen molar-refractivity contribution in [2.45, 2.75) is 45.1 Å². The van der Waals surface area contributed by atoms with Gasteiger partial charge < -0.3 is 5.32 Å². The molecule has 122 valence electrons. The lowest BCUT2D eigenvalue weighted by Crippen LogP contribution is -2.48. The van der Waals surface area contributed by atoms with Crippen LogP contribution >= 0.6 is 0 Å². The standard InChI is InChI=1S/C15H29N3O2S/c1-3-9-17(10-4-2)21(19,20)18-11-7-14(8-12-18)13-16-15-5-6-15/h3,14-16H,1,4-13H2,2H3. The first-order chi connectivity index (χ1) is 10.1. The van der Waals surface area contributed by atoms with Gasteiger partial charge in [-0.05, 0) is 44.6 Å². The van der Waals surface area contributed by atoms with Crippen LogP contribution in [0.15, 0.2) is 12.7 Å². The van der Waals surface area contributed by atoms with Crippen LogP contribution < -0.4 is 5.32 Å². The highest BCUT2D eigenvalue weighted by Crippen LogP contribution is 2.23. The number of hydrogen-bond donors (Lipinski definition) is 1. The molecular formula is C15H29N3O2S. The maximum Gasteiger partial charge on any atom is 0.282 e. The molecule has 0 aromatic heterocycles. The molecule has 6 heteroatoms. The first kappa shape index (κ1) is 16.9. The summed E-state index contributed by atoms with van der Waals surface area (Å²) < 4.78 is 28.5. The Balaban J connectivity index is 1.84. The zero-order valence-electron chi connectivity index (χ0n) is 13.1. The highest BCUT2D eigenvalue weighted by atomic mass is 32.2. The lowest BCUT2D eigenvalue weighted by atomic mass is 9.98. The van der Waals surface area contributed by atoms with Gasteiger partial charge in [0.15, 0.2) is 0 Å². The minimum absolute atomic E-state index is 0.402. The van der Waals surface area contributed by atoms with Crippen molar-refractivity contribution in [1.29, 1.82) is 0 Å². The third-order valence-corrected chi connectivity index (χ3v) is 6.31. The van der Waals surface area contributed by atoms with E-state index in [1.165, 1.54) is 12.8 Å². The van der Waals surface area contributed by atoms with E-state index < -0.39 is 10.2 Å². The Morgan fingerprint density at radius 2 is 1.95 bits per heavy atom. The first-order valence-electron chi connectivity index (χ1n) is 8.17. The van der Waals surface area contributed by atoms with Crippen LogP contribution in [0.2, 0.25) is 0 Å². The second-order valence-corrected chi connectivity index (χ2v) is 8.11. The Morgan fingerprint density at radius 1 is 1.29 bits per heavy atom. The van der Waals surface area contributed by atoms with E-state index in [-0.39, 0.29) is 0 Å². The van der Waals surface area contributed by atoms with E-state index in [9.17, 15) is 8.42 Å². The molecule has 2 fully saturated rings. The average Bonchev–Trinajstić information content (AvgIpc) is 3.29. The van der Waals surface area contributed by atoms with E-state index in [4.69, 9.17) is 0 Å². The Morgan fingerprint density at radius 3 is 2.48 bits per heavy atom. The van der Waals surface area contributed by atoms with E-state index in [2.05, 4.69) is 11.9 Å². The van der Waals surface area contributed by atoms with Crippen molar-refractivity contribution in [3.05, 3.63) is 12.7 Å². The van der Waals surface area contributed by atoms with E-state index in [1.807, 2.05) is 6.92 Å². The Bertz CT molecular complexity index is 426. The molecule has 1 saturated carbocycles. The van der Waals surface area contributed by atoms with Gasteiger partial charge >= 0.3 is 0 Å². The average molecular weight is 315 g/mol. The van der Waals surface area contributed by atoms with Gasteiger partial charge in [-0.1, -0.05) is 13.0 Å². The summed E-state index contributed by atoms with van der Waals surface area (Å²) in [6.07, 6.45) is 7.04. The van der Waals surface area contributed by atoms with Gasteiger partial charge in [0.2, 0.25) is 0 Å². The third kappa shape index (κ3) is 4.77. The van der Waals surface area contributed by atoms with Crippen molar-refractivity contribution < 1.29 is 8.42 Å². The SMILES string of the molecule is C=CCN(CCC)S(=O)(=O)N1CCC(CNC2CC2)CC1. The maximum absolute atomic E-state index is 12.6. The van der Waals surface area contributed by atoms with Crippen molar-refractivity contribution >= 4 is 10.2 Å². The Kier molecular flexibility index (Phi) is 6.22. The topological polar surface area (TPSA) is 52.7 Å². The second kappa shape index (κ2) is 7.72.